The van der Waals surface area contributed by atoms with Crippen LogP contribution in [-0.2, 0) is 0 Å². The molecule has 3 aromatic carbocycles. The van der Waals surface area contributed by atoms with Gasteiger partial charge in [-0.2, -0.15) is 0 Å². The van der Waals surface area contributed by atoms with Crippen LogP contribution < -0.4 is 0 Å². The average molecular weight is 544 g/mol. The van der Waals surface area contributed by atoms with Crippen LogP contribution in [0.4, 0.5) is 0 Å². The molecule has 0 fully saturated rings. The van der Waals surface area contributed by atoms with Crippen LogP contribution in [0.2, 0.25) is 5.02 Å². The molecule has 0 aliphatic rings. The van der Waals surface area contributed by atoms with Crippen molar-refractivity contribution in [2.75, 3.05) is 0 Å². The Morgan fingerprint density at radius 1 is 0.806 bits per heavy atom. The Morgan fingerprint density at radius 2 is 1.53 bits per heavy atom. The Morgan fingerprint density at radius 3 is 2.28 bits per heavy atom. The first-order valence-corrected chi connectivity index (χ1v) is 14.0. The van der Waals surface area contributed by atoms with Crippen molar-refractivity contribution < 1.29 is 0 Å². The van der Waals surface area contributed by atoms with Crippen LogP contribution >= 0.6 is 46.0 Å². The molecule has 0 unspecified atom stereocenters. The predicted octanol–water partition coefficient (Wildman–Crippen LogP) is 8.29. The van der Waals surface area contributed by atoms with Crippen LogP contribution in [0.1, 0.15) is 5.69 Å². The van der Waals surface area contributed by atoms with Crippen molar-refractivity contribution in [1.82, 2.24) is 24.7 Å². The van der Waals surface area contributed by atoms with E-state index in [0.29, 0.717) is 5.02 Å². The number of aryl methyl sites for hydroxylation is 1. The Hall–Kier alpha value is -3.30. The van der Waals surface area contributed by atoms with Gasteiger partial charge in [0, 0.05) is 27.2 Å². The highest BCUT2D eigenvalue weighted by atomic mass is 35.5. The van der Waals surface area contributed by atoms with Gasteiger partial charge in [0.2, 0.25) is 5.16 Å². The molecule has 6 rings (SSSR count). The molecule has 0 bridgehead atoms. The molecule has 0 N–H and O–H groups in total. The van der Waals surface area contributed by atoms with Crippen molar-refractivity contribution >= 4 is 46.0 Å². The zero-order valence-electron chi connectivity index (χ0n) is 19.0. The first-order valence-electron chi connectivity index (χ1n) is 11.1. The van der Waals surface area contributed by atoms with Crippen LogP contribution in [0.3, 0.4) is 0 Å². The Balaban J connectivity index is 1.40. The van der Waals surface area contributed by atoms with Crippen LogP contribution in [-0.4, -0.2) is 24.7 Å². The van der Waals surface area contributed by atoms with Gasteiger partial charge in [0.25, 0.3) is 0 Å². The Bertz CT molecular complexity index is 1620. The molecule has 176 valence electrons. The number of thiazole rings is 2. The number of para-hydroxylation sites is 1. The van der Waals surface area contributed by atoms with Crippen molar-refractivity contribution in [2.24, 2.45) is 0 Å². The maximum atomic E-state index is 6.04. The summed E-state index contributed by atoms with van der Waals surface area (Å²) in [4.78, 5) is 10.7. The lowest BCUT2D eigenvalue weighted by molar-refractivity contribution is 0.885. The average Bonchev–Trinajstić information content (AvgIpc) is 3.64. The molecule has 0 aliphatic heterocycles. The number of hydrogen-bond donors (Lipinski definition) is 0. The van der Waals surface area contributed by atoms with Gasteiger partial charge >= 0.3 is 0 Å². The molecule has 36 heavy (non-hydrogen) atoms. The molecule has 0 radical (unpaired) electrons. The molecular formula is C27H18ClN5S3. The summed E-state index contributed by atoms with van der Waals surface area (Å²) in [7, 11) is 0. The number of halogens is 1. The maximum Gasteiger partial charge on any atom is 0.203 e. The lowest BCUT2D eigenvalue weighted by atomic mass is 10.2. The fraction of sp³-hybridized carbons (Fsp3) is 0.0370. The lowest BCUT2D eigenvalue weighted by Crippen LogP contribution is -1.99. The van der Waals surface area contributed by atoms with Gasteiger partial charge in [-0.25, -0.2) is 9.97 Å². The Kier molecular flexibility index (Phi) is 6.41. The third-order valence-electron chi connectivity index (χ3n) is 5.47. The van der Waals surface area contributed by atoms with Crippen molar-refractivity contribution in [2.45, 2.75) is 16.4 Å². The van der Waals surface area contributed by atoms with E-state index in [0.717, 1.165) is 53.4 Å². The minimum atomic E-state index is 0.709. The fourth-order valence-electron chi connectivity index (χ4n) is 3.74. The summed E-state index contributed by atoms with van der Waals surface area (Å²) in [6.07, 6.45) is 0. The third-order valence-corrected chi connectivity index (χ3v) is 8.81. The molecule has 0 saturated heterocycles. The maximum absolute atomic E-state index is 6.04. The van der Waals surface area contributed by atoms with E-state index in [1.807, 2.05) is 67.6 Å². The van der Waals surface area contributed by atoms with E-state index >= 15 is 0 Å². The highest BCUT2D eigenvalue weighted by Gasteiger charge is 2.22. The zero-order valence-corrected chi connectivity index (χ0v) is 22.2. The number of benzene rings is 3. The number of nitrogens with zero attached hydrogens (tertiary/aromatic N) is 5. The number of hydrogen-bond acceptors (Lipinski definition) is 7. The monoisotopic (exact) mass is 543 g/mol. The summed E-state index contributed by atoms with van der Waals surface area (Å²) < 4.78 is 2.98. The normalized spacial score (nSPS) is 11.2. The van der Waals surface area contributed by atoms with E-state index in [9.17, 15) is 0 Å². The predicted molar refractivity (Wildman–Crippen MR) is 149 cm³/mol. The molecule has 9 heteroatoms. The summed E-state index contributed by atoms with van der Waals surface area (Å²) in [5, 5.41) is 13.7. The lowest BCUT2D eigenvalue weighted by Gasteiger charge is -2.08. The van der Waals surface area contributed by atoms with Gasteiger partial charge in [-0.3, -0.25) is 4.57 Å². The van der Waals surface area contributed by atoms with Gasteiger partial charge in [-0.05, 0) is 43.0 Å². The van der Waals surface area contributed by atoms with Crippen molar-refractivity contribution in [3.8, 4) is 38.2 Å². The van der Waals surface area contributed by atoms with E-state index in [1.54, 1.807) is 22.7 Å². The molecule has 0 spiro atoms. The van der Waals surface area contributed by atoms with Gasteiger partial charge in [-0.1, -0.05) is 72.3 Å². The van der Waals surface area contributed by atoms with E-state index in [4.69, 9.17) is 21.6 Å². The molecule has 3 heterocycles. The van der Waals surface area contributed by atoms with E-state index in [-0.39, 0.29) is 0 Å². The van der Waals surface area contributed by atoms with E-state index in [2.05, 4.69) is 44.4 Å². The minimum absolute atomic E-state index is 0.709. The first-order chi connectivity index (χ1) is 17.7. The van der Waals surface area contributed by atoms with Gasteiger partial charge in [0.05, 0.1) is 16.3 Å². The Labute approximate surface area is 225 Å². The largest absolute Gasteiger partial charge is 0.269 e. The standard InChI is InChI=1S/C27H18ClN5S3/c1-17-23(35-25(29-17)19-8-4-2-5-9-19)24-31-32-26(33(24)21-10-6-3-7-11-21)36-27-30-22(16-34-27)18-12-14-20(28)15-13-18/h2-16H,1H3. The van der Waals surface area contributed by atoms with Gasteiger partial charge in [0.15, 0.2) is 10.2 Å². The van der Waals surface area contributed by atoms with Crippen LogP contribution in [0.5, 0.6) is 0 Å². The van der Waals surface area contributed by atoms with Crippen molar-refractivity contribution in [3.63, 3.8) is 0 Å². The van der Waals surface area contributed by atoms with Crippen molar-refractivity contribution in [3.05, 3.63) is 101 Å². The quantitative estimate of drug-likeness (QED) is 0.211. The molecule has 3 aromatic heterocycles. The smallest absolute Gasteiger partial charge is 0.203 e. The first kappa shape index (κ1) is 23.1. The topological polar surface area (TPSA) is 56.5 Å². The highest BCUT2D eigenvalue weighted by Crippen LogP contribution is 2.39. The second kappa shape index (κ2) is 9.99. The minimum Gasteiger partial charge on any atom is -0.269 e. The summed E-state index contributed by atoms with van der Waals surface area (Å²) in [5.74, 6) is 0.773. The molecule has 0 saturated carbocycles. The van der Waals surface area contributed by atoms with Gasteiger partial charge in [-0.15, -0.1) is 32.9 Å². The number of aromatic nitrogens is 5. The third kappa shape index (κ3) is 4.60. The molecule has 0 aliphatic carbocycles. The SMILES string of the molecule is Cc1nc(-c2ccccc2)sc1-c1nnc(Sc2nc(-c3ccc(Cl)cc3)cs2)n1-c1ccccc1. The van der Waals surface area contributed by atoms with E-state index < -0.39 is 0 Å². The molecule has 0 amide bonds. The van der Waals surface area contributed by atoms with Gasteiger partial charge < -0.3 is 0 Å². The molecular weight excluding hydrogens is 526 g/mol. The number of rotatable bonds is 6. The summed E-state index contributed by atoms with van der Waals surface area (Å²) in [6.45, 7) is 2.02. The second-order valence-corrected chi connectivity index (χ2v) is 11.4. The molecule has 5 nitrogen and oxygen atoms in total. The summed E-state index contributed by atoms with van der Waals surface area (Å²) in [5.41, 5.74) is 4.95. The highest BCUT2D eigenvalue weighted by molar-refractivity contribution is 8.00. The molecule has 6 aromatic rings. The van der Waals surface area contributed by atoms with Crippen molar-refractivity contribution in [1.29, 1.82) is 0 Å². The van der Waals surface area contributed by atoms with Gasteiger partial charge in [0.1, 0.15) is 5.01 Å². The van der Waals surface area contributed by atoms with Crippen LogP contribution in [0.25, 0.3) is 38.2 Å². The van der Waals surface area contributed by atoms with Crippen LogP contribution in [0.15, 0.2) is 99.8 Å². The van der Waals surface area contributed by atoms with E-state index in [1.165, 1.54) is 11.8 Å². The molecule has 0 atom stereocenters. The summed E-state index contributed by atoms with van der Waals surface area (Å²) in [6, 6.07) is 28.1. The summed E-state index contributed by atoms with van der Waals surface area (Å²) >= 11 is 10.8. The zero-order chi connectivity index (χ0) is 24.5. The fourth-order valence-corrected chi connectivity index (χ4v) is 6.69. The van der Waals surface area contributed by atoms with Crippen LogP contribution in [0, 0.1) is 6.92 Å². The second-order valence-electron chi connectivity index (χ2n) is 7.88.